The first kappa shape index (κ1) is 20.5. The zero-order valence-electron chi connectivity index (χ0n) is 14.7. The van der Waals surface area contributed by atoms with Crippen molar-refractivity contribution in [2.75, 3.05) is 11.9 Å². The lowest BCUT2D eigenvalue weighted by Crippen LogP contribution is -2.30. The van der Waals surface area contributed by atoms with Gasteiger partial charge in [-0.3, -0.25) is 4.79 Å². The molecule has 0 atom stereocenters. The van der Waals surface area contributed by atoms with Crippen molar-refractivity contribution in [3.63, 3.8) is 0 Å². The number of hydrogen-bond donors (Lipinski definition) is 2. The van der Waals surface area contributed by atoms with Crippen LogP contribution in [0.4, 0.5) is 10.1 Å². The largest absolute Gasteiger partial charge is 0.452 e. The van der Waals surface area contributed by atoms with Crippen LogP contribution in [-0.4, -0.2) is 32.9 Å². The highest BCUT2D eigenvalue weighted by Crippen LogP contribution is 2.13. The van der Waals surface area contributed by atoms with Gasteiger partial charge >= 0.3 is 5.97 Å². The molecule has 0 radical (unpaired) electrons. The standard InChI is InChI=1S/C18H19FN2O5S/c1-12(2)21-27(24,25)16-5-3-4-13(10-16)18(23)26-11-17(22)20-15-8-6-14(19)7-9-15/h3-10,12,21H,11H2,1-2H3,(H,20,22). The molecule has 144 valence electrons. The van der Waals surface area contributed by atoms with Crippen LogP contribution in [0.5, 0.6) is 0 Å². The number of carbonyl (C=O) groups is 2. The summed E-state index contributed by atoms with van der Waals surface area (Å²) in [5, 5.41) is 2.44. The fourth-order valence-electron chi connectivity index (χ4n) is 2.11. The second-order valence-corrected chi connectivity index (χ2v) is 7.65. The topological polar surface area (TPSA) is 102 Å². The Labute approximate surface area is 156 Å². The minimum absolute atomic E-state index is 0.00351. The van der Waals surface area contributed by atoms with Crippen LogP contribution in [0.2, 0.25) is 0 Å². The maximum Gasteiger partial charge on any atom is 0.338 e. The van der Waals surface area contributed by atoms with Crippen LogP contribution in [0.25, 0.3) is 0 Å². The molecule has 2 aromatic rings. The van der Waals surface area contributed by atoms with Crippen molar-refractivity contribution in [2.45, 2.75) is 24.8 Å². The van der Waals surface area contributed by atoms with E-state index in [2.05, 4.69) is 10.0 Å². The minimum Gasteiger partial charge on any atom is -0.452 e. The smallest absolute Gasteiger partial charge is 0.338 e. The molecule has 0 aliphatic heterocycles. The molecule has 0 saturated carbocycles. The molecule has 2 rings (SSSR count). The molecule has 0 unspecified atom stereocenters. The van der Waals surface area contributed by atoms with Gasteiger partial charge in [-0.15, -0.1) is 0 Å². The van der Waals surface area contributed by atoms with Crippen molar-refractivity contribution in [3.8, 4) is 0 Å². The Kier molecular flexibility index (Phi) is 6.65. The summed E-state index contributed by atoms with van der Waals surface area (Å²) in [5.74, 6) is -1.90. The van der Waals surface area contributed by atoms with Crippen LogP contribution < -0.4 is 10.0 Å². The number of carbonyl (C=O) groups excluding carboxylic acids is 2. The molecular weight excluding hydrogens is 375 g/mol. The quantitative estimate of drug-likeness (QED) is 0.702. The molecule has 0 fully saturated rings. The summed E-state index contributed by atoms with van der Waals surface area (Å²) in [5.41, 5.74) is 0.349. The summed E-state index contributed by atoms with van der Waals surface area (Å²) in [7, 11) is -3.76. The highest BCUT2D eigenvalue weighted by atomic mass is 32.2. The average Bonchev–Trinajstić information content (AvgIpc) is 2.61. The highest BCUT2D eigenvalue weighted by molar-refractivity contribution is 7.89. The SMILES string of the molecule is CC(C)NS(=O)(=O)c1cccc(C(=O)OCC(=O)Nc2ccc(F)cc2)c1. The number of hydrogen-bond acceptors (Lipinski definition) is 5. The zero-order chi connectivity index (χ0) is 20.0. The van der Waals surface area contributed by atoms with Gasteiger partial charge in [0.25, 0.3) is 5.91 Å². The summed E-state index contributed by atoms with van der Waals surface area (Å²) in [6.45, 7) is 2.78. The second kappa shape index (κ2) is 8.74. The molecule has 0 saturated heterocycles. The van der Waals surface area contributed by atoms with Crippen molar-refractivity contribution in [1.29, 1.82) is 0 Å². The van der Waals surface area contributed by atoms with Gasteiger partial charge in [0.2, 0.25) is 10.0 Å². The van der Waals surface area contributed by atoms with Gasteiger partial charge in [-0.1, -0.05) is 6.07 Å². The Hall–Kier alpha value is -2.78. The molecule has 0 aliphatic rings. The maximum absolute atomic E-state index is 12.8. The lowest BCUT2D eigenvalue weighted by molar-refractivity contribution is -0.119. The number of esters is 1. The van der Waals surface area contributed by atoms with Crippen molar-refractivity contribution in [1.82, 2.24) is 4.72 Å². The molecule has 0 spiro atoms. The predicted octanol–water partition coefficient (Wildman–Crippen LogP) is 2.31. The minimum atomic E-state index is -3.76. The van der Waals surface area contributed by atoms with E-state index in [0.717, 1.165) is 0 Å². The number of nitrogens with one attached hydrogen (secondary N) is 2. The van der Waals surface area contributed by atoms with E-state index in [9.17, 15) is 22.4 Å². The van der Waals surface area contributed by atoms with E-state index in [1.165, 1.54) is 48.5 Å². The lowest BCUT2D eigenvalue weighted by atomic mass is 10.2. The van der Waals surface area contributed by atoms with E-state index >= 15 is 0 Å². The van der Waals surface area contributed by atoms with E-state index in [4.69, 9.17) is 4.74 Å². The van der Waals surface area contributed by atoms with E-state index in [-0.39, 0.29) is 16.5 Å². The van der Waals surface area contributed by atoms with Crippen LogP contribution in [0.1, 0.15) is 24.2 Å². The summed E-state index contributed by atoms with van der Waals surface area (Å²) in [4.78, 5) is 23.8. The average molecular weight is 394 g/mol. The molecule has 2 aromatic carbocycles. The van der Waals surface area contributed by atoms with E-state index in [0.29, 0.717) is 5.69 Å². The van der Waals surface area contributed by atoms with Crippen molar-refractivity contribution in [2.24, 2.45) is 0 Å². The van der Waals surface area contributed by atoms with Crippen LogP contribution >= 0.6 is 0 Å². The van der Waals surface area contributed by atoms with Crippen LogP contribution in [0, 0.1) is 5.82 Å². The van der Waals surface area contributed by atoms with Crippen LogP contribution in [-0.2, 0) is 19.6 Å². The van der Waals surface area contributed by atoms with Crippen molar-refractivity contribution < 1.29 is 27.1 Å². The number of rotatable bonds is 7. The van der Waals surface area contributed by atoms with Crippen LogP contribution in [0.3, 0.4) is 0 Å². The molecular formula is C18H19FN2O5S. The Morgan fingerprint density at radius 2 is 1.78 bits per heavy atom. The normalized spacial score (nSPS) is 11.3. The van der Waals surface area contributed by atoms with Gasteiger partial charge in [-0.2, -0.15) is 0 Å². The fourth-order valence-corrected chi connectivity index (χ4v) is 3.41. The first-order chi connectivity index (χ1) is 12.7. The monoisotopic (exact) mass is 394 g/mol. The molecule has 27 heavy (non-hydrogen) atoms. The first-order valence-corrected chi connectivity index (χ1v) is 9.50. The summed E-state index contributed by atoms with van der Waals surface area (Å²) < 4.78 is 44.4. The number of ether oxygens (including phenoxy) is 1. The molecule has 0 bridgehead atoms. The summed E-state index contributed by atoms with van der Waals surface area (Å²) >= 11 is 0. The van der Waals surface area contributed by atoms with Gasteiger partial charge in [0.15, 0.2) is 6.61 Å². The highest BCUT2D eigenvalue weighted by Gasteiger charge is 2.18. The predicted molar refractivity (Wildman–Crippen MR) is 97.2 cm³/mol. The van der Waals surface area contributed by atoms with Gasteiger partial charge in [-0.25, -0.2) is 22.3 Å². The summed E-state index contributed by atoms with van der Waals surface area (Å²) in [6.07, 6.45) is 0. The number of benzene rings is 2. The maximum atomic E-state index is 12.8. The Morgan fingerprint density at radius 3 is 2.41 bits per heavy atom. The number of halogens is 1. The Morgan fingerprint density at radius 1 is 1.11 bits per heavy atom. The molecule has 7 nitrogen and oxygen atoms in total. The van der Waals surface area contributed by atoms with Gasteiger partial charge in [0.05, 0.1) is 10.5 Å². The molecule has 9 heteroatoms. The summed E-state index contributed by atoms with van der Waals surface area (Å²) in [6, 6.07) is 10.1. The molecule has 1 amide bonds. The fraction of sp³-hybridized carbons (Fsp3) is 0.222. The Bertz CT molecular complexity index is 927. The number of anilines is 1. The van der Waals surface area contributed by atoms with Gasteiger partial charge < -0.3 is 10.1 Å². The van der Waals surface area contributed by atoms with Crippen molar-refractivity contribution in [3.05, 3.63) is 59.9 Å². The van der Waals surface area contributed by atoms with Gasteiger partial charge in [-0.05, 0) is 56.3 Å². The molecule has 2 N–H and O–H groups in total. The van der Waals surface area contributed by atoms with E-state index in [1.54, 1.807) is 13.8 Å². The third-order valence-corrected chi connectivity index (χ3v) is 4.89. The first-order valence-electron chi connectivity index (χ1n) is 8.02. The van der Waals surface area contributed by atoms with Crippen molar-refractivity contribution >= 4 is 27.6 Å². The van der Waals surface area contributed by atoms with E-state index < -0.39 is 34.3 Å². The molecule has 0 aromatic heterocycles. The van der Waals surface area contributed by atoms with Gasteiger partial charge in [0.1, 0.15) is 5.82 Å². The second-order valence-electron chi connectivity index (χ2n) is 5.94. The zero-order valence-corrected chi connectivity index (χ0v) is 15.5. The molecule has 0 aliphatic carbocycles. The lowest BCUT2D eigenvalue weighted by Gasteiger charge is -2.11. The Balaban J connectivity index is 1.98. The van der Waals surface area contributed by atoms with Gasteiger partial charge in [0, 0.05) is 11.7 Å². The number of sulfonamides is 1. The molecule has 0 heterocycles. The van der Waals surface area contributed by atoms with Crippen LogP contribution in [0.15, 0.2) is 53.4 Å². The number of amides is 1. The third-order valence-electron chi connectivity index (χ3n) is 3.23. The third kappa shape index (κ3) is 6.15. The van der Waals surface area contributed by atoms with E-state index in [1.807, 2.05) is 0 Å².